The Labute approximate surface area is 76.3 Å². The van der Waals surface area contributed by atoms with Crippen LogP contribution >= 0.6 is 0 Å². The average Bonchev–Trinajstić information content (AvgIpc) is 2.17. The predicted octanol–water partition coefficient (Wildman–Crippen LogP) is 2.10. The molecule has 1 rings (SSSR count). The summed E-state index contributed by atoms with van der Waals surface area (Å²) in [5.74, 6) is 0. The highest BCUT2D eigenvalue weighted by Crippen LogP contribution is 2.19. The fourth-order valence-corrected chi connectivity index (χ4v) is 0.948. The van der Waals surface area contributed by atoms with Crippen LogP contribution in [-0.2, 0) is 4.74 Å². The van der Waals surface area contributed by atoms with Crippen LogP contribution in [0.15, 0.2) is 18.2 Å². The lowest BCUT2D eigenvalue weighted by molar-refractivity contribution is -0.385. The van der Waals surface area contributed by atoms with Crippen LogP contribution in [0.1, 0.15) is 18.6 Å². The summed E-state index contributed by atoms with van der Waals surface area (Å²) in [4.78, 5) is 9.98. The second kappa shape index (κ2) is 4.00. The van der Waals surface area contributed by atoms with E-state index in [4.69, 9.17) is 4.74 Å². The molecule has 0 heterocycles. The van der Waals surface area contributed by atoms with E-state index in [9.17, 15) is 10.1 Å². The van der Waals surface area contributed by atoms with Crippen molar-refractivity contribution in [2.45, 2.75) is 13.0 Å². The van der Waals surface area contributed by atoms with E-state index in [-0.39, 0.29) is 11.8 Å². The van der Waals surface area contributed by atoms with Crippen molar-refractivity contribution >= 4 is 5.69 Å². The van der Waals surface area contributed by atoms with Gasteiger partial charge in [-0.15, -0.1) is 0 Å². The first-order valence-corrected chi connectivity index (χ1v) is 3.84. The molecule has 4 nitrogen and oxygen atoms in total. The molecule has 0 amide bonds. The van der Waals surface area contributed by atoms with Crippen LogP contribution in [0.2, 0.25) is 0 Å². The van der Waals surface area contributed by atoms with E-state index in [0.717, 1.165) is 0 Å². The first-order chi connectivity index (χ1) is 6.15. The number of ether oxygens (including phenoxy) is 1. The minimum Gasteiger partial charge on any atom is -0.377 e. The highest BCUT2D eigenvalue weighted by Gasteiger charge is 2.09. The number of nitrogens with zero attached hydrogens (tertiary/aromatic N) is 1. The van der Waals surface area contributed by atoms with Gasteiger partial charge in [0.05, 0.1) is 11.0 Å². The fraction of sp³-hybridized carbons (Fsp3) is 0.333. The number of benzene rings is 1. The van der Waals surface area contributed by atoms with Crippen LogP contribution in [0.25, 0.3) is 0 Å². The summed E-state index contributed by atoms with van der Waals surface area (Å²) in [5.41, 5.74) is 0.759. The molecule has 1 aromatic rings. The molecule has 0 aliphatic carbocycles. The minimum absolute atomic E-state index is 0.0673. The van der Waals surface area contributed by atoms with Gasteiger partial charge in [0, 0.05) is 19.2 Å². The second-order valence-electron chi connectivity index (χ2n) is 2.64. The lowest BCUT2D eigenvalue weighted by atomic mass is 10.1. The molecule has 13 heavy (non-hydrogen) atoms. The molecular formula is C9H10NO3. The predicted molar refractivity (Wildman–Crippen MR) is 47.4 cm³/mol. The third-order valence-electron chi connectivity index (χ3n) is 1.81. The van der Waals surface area contributed by atoms with E-state index < -0.39 is 4.92 Å². The van der Waals surface area contributed by atoms with Crippen molar-refractivity contribution in [1.29, 1.82) is 0 Å². The molecule has 1 atom stereocenters. The first-order valence-electron chi connectivity index (χ1n) is 3.84. The Morgan fingerprint density at radius 1 is 1.69 bits per heavy atom. The molecule has 1 aromatic carbocycles. The van der Waals surface area contributed by atoms with Crippen molar-refractivity contribution in [2.24, 2.45) is 0 Å². The van der Waals surface area contributed by atoms with E-state index >= 15 is 0 Å². The monoisotopic (exact) mass is 180 g/mol. The van der Waals surface area contributed by atoms with Crippen LogP contribution in [0.3, 0.4) is 0 Å². The number of non-ortho nitro benzene ring substituents is 1. The molecular weight excluding hydrogens is 170 g/mol. The van der Waals surface area contributed by atoms with Gasteiger partial charge >= 0.3 is 0 Å². The van der Waals surface area contributed by atoms with E-state index in [1.807, 2.05) is 6.92 Å². The third-order valence-corrected chi connectivity index (χ3v) is 1.81. The van der Waals surface area contributed by atoms with Crippen LogP contribution in [-0.4, -0.2) is 12.0 Å². The number of nitro benzene ring substituents is 1. The Morgan fingerprint density at radius 2 is 2.38 bits per heavy atom. The van der Waals surface area contributed by atoms with Crippen LogP contribution in [0.4, 0.5) is 5.69 Å². The highest BCUT2D eigenvalue weighted by molar-refractivity contribution is 5.34. The molecule has 1 unspecified atom stereocenters. The van der Waals surface area contributed by atoms with Gasteiger partial charge in [0.1, 0.15) is 0 Å². The second-order valence-corrected chi connectivity index (χ2v) is 2.64. The van der Waals surface area contributed by atoms with Gasteiger partial charge in [0.25, 0.3) is 5.69 Å². The zero-order valence-corrected chi connectivity index (χ0v) is 7.48. The van der Waals surface area contributed by atoms with Gasteiger partial charge in [-0.1, -0.05) is 0 Å². The Hall–Kier alpha value is -1.42. The van der Waals surface area contributed by atoms with Crippen molar-refractivity contribution in [3.63, 3.8) is 0 Å². The summed E-state index contributed by atoms with van der Waals surface area (Å²) < 4.78 is 5.02. The Bertz CT molecular complexity index is 311. The maximum Gasteiger partial charge on any atom is 0.269 e. The van der Waals surface area contributed by atoms with Crippen LogP contribution in [0, 0.1) is 16.2 Å². The van der Waals surface area contributed by atoms with E-state index in [1.165, 1.54) is 18.2 Å². The number of methoxy groups -OCH3 is 1. The molecule has 0 spiro atoms. The van der Waals surface area contributed by atoms with E-state index in [0.29, 0.717) is 5.56 Å². The highest BCUT2D eigenvalue weighted by atomic mass is 16.6. The number of nitro groups is 1. The number of hydrogen-bond acceptors (Lipinski definition) is 3. The zero-order valence-electron chi connectivity index (χ0n) is 7.48. The van der Waals surface area contributed by atoms with E-state index in [2.05, 4.69) is 6.07 Å². The Balaban J connectivity index is 2.98. The van der Waals surface area contributed by atoms with Gasteiger partial charge in [-0.05, 0) is 24.6 Å². The molecule has 0 saturated heterocycles. The summed E-state index contributed by atoms with van der Waals surface area (Å²) in [6.45, 7) is 1.82. The quantitative estimate of drug-likeness (QED) is 0.528. The lowest BCUT2D eigenvalue weighted by Crippen LogP contribution is -1.97. The topological polar surface area (TPSA) is 52.4 Å². The van der Waals surface area contributed by atoms with Crippen LogP contribution < -0.4 is 0 Å². The molecule has 0 fully saturated rings. The molecule has 0 aliphatic heterocycles. The molecule has 0 aliphatic rings. The van der Waals surface area contributed by atoms with Gasteiger partial charge in [-0.3, -0.25) is 10.1 Å². The summed E-state index contributed by atoms with van der Waals surface area (Å²) in [5, 5.41) is 10.4. The Morgan fingerprint density at radius 3 is 2.92 bits per heavy atom. The molecule has 0 bridgehead atoms. The lowest BCUT2D eigenvalue weighted by Gasteiger charge is -2.07. The summed E-state index contributed by atoms with van der Waals surface area (Å²) in [6.07, 6.45) is -0.167. The minimum atomic E-state index is -0.431. The third kappa shape index (κ3) is 2.26. The van der Waals surface area contributed by atoms with Crippen molar-refractivity contribution in [3.05, 3.63) is 39.9 Å². The van der Waals surface area contributed by atoms with Gasteiger partial charge < -0.3 is 4.74 Å². The van der Waals surface area contributed by atoms with Gasteiger partial charge in [-0.25, -0.2) is 0 Å². The summed E-state index contributed by atoms with van der Waals surface area (Å²) in [6, 6.07) is 7.29. The molecule has 0 N–H and O–H groups in total. The maximum atomic E-state index is 10.4. The van der Waals surface area contributed by atoms with Crippen molar-refractivity contribution in [1.82, 2.24) is 0 Å². The smallest absolute Gasteiger partial charge is 0.269 e. The summed E-state index contributed by atoms with van der Waals surface area (Å²) in [7, 11) is 1.55. The normalized spacial score (nSPS) is 12.5. The number of hydrogen-bond donors (Lipinski definition) is 0. The standard InChI is InChI=1S/C9H10NO3/c1-7(13-2)8-4-3-5-9(6-8)10(11)12/h3,5-7H,1-2H3. The molecule has 1 radical (unpaired) electrons. The van der Waals surface area contributed by atoms with Crippen molar-refractivity contribution < 1.29 is 9.66 Å². The summed E-state index contributed by atoms with van der Waals surface area (Å²) >= 11 is 0. The van der Waals surface area contributed by atoms with Gasteiger partial charge in [0.2, 0.25) is 0 Å². The van der Waals surface area contributed by atoms with Crippen molar-refractivity contribution in [3.8, 4) is 0 Å². The van der Waals surface area contributed by atoms with Crippen molar-refractivity contribution in [2.75, 3.05) is 7.11 Å². The fourth-order valence-electron chi connectivity index (χ4n) is 0.948. The van der Waals surface area contributed by atoms with Crippen LogP contribution in [0.5, 0.6) is 0 Å². The maximum absolute atomic E-state index is 10.4. The zero-order chi connectivity index (χ0) is 9.84. The first kappa shape index (κ1) is 9.67. The van der Waals surface area contributed by atoms with Gasteiger partial charge in [-0.2, -0.15) is 0 Å². The SMILES string of the molecule is COC(C)c1[c]ccc([N+](=O)[O-])c1. The Kier molecular flexibility index (Phi) is 2.97. The average molecular weight is 180 g/mol. The largest absolute Gasteiger partial charge is 0.377 e. The molecule has 0 saturated carbocycles. The molecule has 4 heteroatoms. The van der Waals surface area contributed by atoms with E-state index in [1.54, 1.807) is 7.11 Å². The molecule has 0 aromatic heterocycles. The van der Waals surface area contributed by atoms with Gasteiger partial charge in [0.15, 0.2) is 0 Å². The number of rotatable bonds is 3. The molecule has 69 valence electrons.